The van der Waals surface area contributed by atoms with E-state index in [4.69, 9.17) is 0 Å². The van der Waals surface area contributed by atoms with Gasteiger partial charge in [0.05, 0.1) is 12.2 Å². The standard InChI is InChI=1S/C16H17N3O/c1-12-5-2-3-7-14(12)15-8-9-16(18-17-15)19-10-4-6-13(20)11-19/h2-3,5,7-9H,4,6,10-11H2,1H3. The maximum absolute atomic E-state index is 11.5. The molecular weight excluding hydrogens is 250 g/mol. The Morgan fingerprint density at radius 3 is 2.65 bits per heavy atom. The van der Waals surface area contributed by atoms with Gasteiger partial charge in [0.2, 0.25) is 0 Å². The molecule has 1 aromatic carbocycles. The summed E-state index contributed by atoms with van der Waals surface area (Å²) in [6.07, 6.45) is 1.59. The van der Waals surface area contributed by atoms with E-state index < -0.39 is 0 Å². The van der Waals surface area contributed by atoms with Gasteiger partial charge in [-0.15, -0.1) is 10.2 Å². The first-order chi connectivity index (χ1) is 9.74. The van der Waals surface area contributed by atoms with Gasteiger partial charge < -0.3 is 4.90 Å². The molecule has 1 saturated heterocycles. The largest absolute Gasteiger partial charge is 0.348 e. The zero-order valence-electron chi connectivity index (χ0n) is 11.5. The van der Waals surface area contributed by atoms with E-state index in [9.17, 15) is 4.79 Å². The number of carbonyl (C=O) groups is 1. The van der Waals surface area contributed by atoms with E-state index >= 15 is 0 Å². The molecular formula is C16H17N3O. The van der Waals surface area contributed by atoms with Crippen LogP contribution in [-0.4, -0.2) is 29.1 Å². The van der Waals surface area contributed by atoms with Crippen LogP contribution >= 0.6 is 0 Å². The van der Waals surface area contributed by atoms with Crippen molar-refractivity contribution >= 4 is 11.6 Å². The van der Waals surface area contributed by atoms with Crippen molar-refractivity contribution in [2.75, 3.05) is 18.0 Å². The van der Waals surface area contributed by atoms with E-state index in [1.54, 1.807) is 0 Å². The second-order valence-corrected chi connectivity index (χ2v) is 5.16. The van der Waals surface area contributed by atoms with Gasteiger partial charge in [-0.1, -0.05) is 24.3 Å². The fourth-order valence-electron chi connectivity index (χ4n) is 2.53. The first kappa shape index (κ1) is 12.8. The van der Waals surface area contributed by atoms with Crippen LogP contribution in [0, 0.1) is 6.92 Å². The highest BCUT2D eigenvalue weighted by atomic mass is 16.1. The van der Waals surface area contributed by atoms with Crippen LogP contribution in [0.2, 0.25) is 0 Å². The quantitative estimate of drug-likeness (QED) is 0.839. The number of piperidine rings is 1. The third-order valence-corrected chi connectivity index (χ3v) is 3.65. The van der Waals surface area contributed by atoms with Crippen molar-refractivity contribution in [3.05, 3.63) is 42.0 Å². The lowest BCUT2D eigenvalue weighted by Gasteiger charge is -2.26. The molecule has 0 atom stereocenters. The number of aromatic nitrogens is 2. The number of carbonyl (C=O) groups excluding carboxylic acids is 1. The van der Waals surface area contributed by atoms with E-state index in [0.29, 0.717) is 13.0 Å². The van der Waals surface area contributed by atoms with Crippen LogP contribution in [0.4, 0.5) is 5.82 Å². The van der Waals surface area contributed by atoms with Crippen molar-refractivity contribution in [2.45, 2.75) is 19.8 Å². The molecule has 0 amide bonds. The first-order valence-electron chi connectivity index (χ1n) is 6.90. The normalized spacial score (nSPS) is 15.4. The lowest BCUT2D eigenvalue weighted by Crippen LogP contribution is -2.36. The lowest BCUT2D eigenvalue weighted by atomic mass is 10.1. The Hall–Kier alpha value is -2.23. The molecule has 2 heterocycles. The molecule has 4 heteroatoms. The van der Waals surface area contributed by atoms with E-state index in [1.165, 1.54) is 5.56 Å². The highest BCUT2D eigenvalue weighted by Crippen LogP contribution is 2.22. The van der Waals surface area contributed by atoms with Crippen molar-refractivity contribution in [2.24, 2.45) is 0 Å². The summed E-state index contributed by atoms with van der Waals surface area (Å²) in [6.45, 7) is 3.40. The molecule has 4 nitrogen and oxygen atoms in total. The molecule has 0 saturated carbocycles. The van der Waals surface area contributed by atoms with Gasteiger partial charge in [0.1, 0.15) is 0 Å². The summed E-state index contributed by atoms with van der Waals surface area (Å²) in [5.74, 6) is 1.07. The summed E-state index contributed by atoms with van der Waals surface area (Å²) >= 11 is 0. The zero-order valence-corrected chi connectivity index (χ0v) is 11.5. The number of aryl methyl sites for hydroxylation is 1. The number of benzene rings is 1. The molecule has 0 bridgehead atoms. The Morgan fingerprint density at radius 1 is 1.10 bits per heavy atom. The second kappa shape index (κ2) is 5.41. The van der Waals surface area contributed by atoms with Gasteiger partial charge in [-0.05, 0) is 31.0 Å². The SMILES string of the molecule is Cc1ccccc1-c1ccc(N2CCCC(=O)C2)nn1. The summed E-state index contributed by atoms with van der Waals surface area (Å²) in [5, 5.41) is 8.59. The number of rotatable bonds is 2. The molecule has 1 aromatic heterocycles. The van der Waals surface area contributed by atoms with E-state index in [2.05, 4.69) is 23.2 Å². The predicted octanol–water partition coefficient (Wildman–Crippen LogP) is 2.62. The molecule has 0 spiro atoms. The monoisotopic (exact) mass is 267 g/mol. The Labute approximate surface area is 118 Å². The van der Waals surface area contributed by atoms with E-state index in [-0.39, 0.29) is 5.78 Å². The average molecular weight is 267 g/mol. The maximum Gasteiger partial charge on any atom is 0.152 e. The van der Waals surface area contributed by atoms with Gasteiger partial charge >= 0.3 is 0 Å². The fourth-order valence-corrected chi connectivity index (χ4v) is 2.53. The zero-order chi connectivity index (χ0) is 13.9. The molecule has 0 radical (unpaired) electrons. The van der Waals surface area contributed by atoms with Crippen LogP contribution in [0.3, 0.4) is 0 Å². The topological polar surface area (TPSA) is 46.1 Å². The molecule has 1 aliphatic heterocycles. The van der Waals surface area contributed by atoms with E-state index in [0.717, 1.165) is 30.0 Å². The van der Waals surface area contributed by atoms with Crippen LogP contribution in [0.25, 0.3) is 11.3 Å². The van der Waals surface area contributed by atoms with Gasteiger partial charge in [0, 0.05) is 18.5 Å². The molecule has 1 fully saturated rings. The highest BCUT2D eigenvalue weighted by molar-refractivity contribution is 5.84. The average Bonchev–Trinajstić information content (AvgIpc) is 2.48. The first-order valence-corrected chi connectivity index (χ1v) is 6.90. The van der Waals surface area contributed by atoms with Crippen LogP contribution in [0.5, 0.6) is 0 Å². The number of anilines is 1. The predicted molar refractivity (Wildman–Crippen MR) is 78.7 cm³/mol. The fraction of sp³-hybridized carbons (Fsp3) is 0.312. The van der Waals surface area contributed by atoms with Crippen molar-refractivity contribution < 1.29 is 4.79 Å². The number of nitrogens with zero attached hydrogens (tertiary/aromatic N) is 3. The molecule has 0 unspecified atom stereocenters. The van der Waals surface area contributed by atoms with Gasteiger partial charge in [-0.2, -0.15) is 0 Å². The highest BCUT2D eigenvalue weighted by Gasteiger charge is 2.18. The third kappa shape index (κ3) is 2.54. The van der Waals surface area contributed by atoms with Crippen molar-refractivity contribution in [1.29, 1.82) is 0 Å². The molecule has 0 aliphatic carbocycles. The van der Waals surface area contributed by atoms with Crippen molar-refractivity contribution in [3.63, 3.8) is 0 Å². The third-order valence-electron chi connectivity index (χ3n) is 3.65. The van der Waals surface area contributed by atoms with Crippen molar-refractivity contribution in [1.82, 2.24) is 10.2 Å². The minimum absolute atomic E-state index is 0.279. The molecule has 20 heavy (non-hydrogen) atoms. The summed E-state index contributed by atoms with van der Waals surface area (Å²) in [4.78, 5) is 13.5. The summed E-state index contributed by atoms with van der Waals surface area (Å²) < 4.78 is 0. The van der Waals surface area contributed by atoms with Gasteiger partial charge in [-0.3, -0.25) is 4.79 Å². The number of hydrogen-bond acceptors (Lipinski definition) is 4. The molecule has 2 aromatic rings. The number of hydrogen-bond donors (Lipinski definition) is 0. The Kier molecular flexibility index (Phi) is 3.46. The van der Waals surface area contributed by atoms with Gasteiger partial charge in [0.25, 0.3) is 0 Å². The smallest absolute Gasteiger partial charge is 0.152 e. The minimum Gasteiger partial charge on any atom is -0.348 e. The summed E-state index contributed by atoms with van der Waals surface area (Å²) in [6, 6.07) is 12.1. The van der Waals surface area contributed by atoms with Crippen molar-refractivity contribution in [3.8, 4) is 11.3 Å². The number of Topliss-reactive ketones (excluding diaryl/α,β-unsaturated/α-hetero) is 1. The molecule has 1 aliphatic rings. The number of ketones is 1. The van der Waals surface area contributed by atoms with Gasteiger partial charge in [0.15, 0.2) is 11.6 Å². The Morgan fingerprint density at radius 2 is 1.95 bits per heavy atom. The van der Waals surface area contributed by atoms with Gasteiger partial charge in [-0.25, -0.2) is 0 Å². The minimum atomic E-state index is 0.279. The van der Waals surface area contributed by atoms with Crippen LogP contribution in [0.15, 0.2) is 36.4 Å². The van der Waals surface area contributed by atoms with Crippen LogP contribution in [0.1, 0.15) is 18.4 Å². The lowest BCUT2D eigenvalue weighted by molar-refractivity contribution is -0.118. The molecule has 0 N–H and O–H groups in total. The maximum atomic E-state index is 11.5. The van der Waals surface area contributed by atoms with E-state index in [1.807, 2.05) is 35.2 Å². The second-order valence-electron chi connectivity index (χ2n) is 5.16. The molecule has 3 rings (SSSR count). The van der Waals surface area contributed by atoms with Crippen LogP contribution < -0.4 is 4.90 Å². The summed E-state index contributed by atoms with van der Waals surface area (Å²) in [5.41, 5.74) is 3.15. The van der Waals surface area contributed by atoms with Crippen LogP contribution in [-0.2, 0) is 4.79 Å². The summed E-state index contributed by atoms with van der Waals surface area (Å²) in [7, 11) is 0. The molecule has 102 valence electrons. The Balaban J connectivity index is 1.84. The Bertz CT molecular complexity index is 622.